The van der Waals surface area contributed by atoms with Crippen molar-refractivity contribution in [1.29, 1.82) is 0 Å². The van der Waals surface area contributed by atoms with Crippen LogP contribution < -0.4 is 0 Å². The van der Waals surface area contributed by atoms with Crippen LogP contribution in [0.2, 0.25) is 0 Å². The van der Waals surface area contributed by atoms with Gasteiger partial charge in [0.2, 0.25) is 0 Å². The van der Waals surface area contributed by atoms with Gasteiger partial charge in [-0.1, -0.05) is 55.0 Å². The summed E-state index contributed by atoms with van der Waals surface area (Å²) < 4.78 is 0. The van der Waals surface area contributed by atoms with E-state index >= 15 is 0 Å². The Bertz CT molecular complexity index is 492. The molecule has 0 aliphatic carbocycles. The summed E-state index contributed by atoms with van der Waals surface area (Å²) in [6.45, 7) is 7.84. The fourth-order valence-electron chi connectivity index (χ4n) is 1.34. The molecule has 0 fully saturated rings. The number of hydrogen-bond donors (Lipinski definition) is 0. The molecule has 92 valence electrons. The Morgan fingerprint density at radius 2 is 1.56 bits per heavy atom. The smallest absolute Gasteiger partial charge is 0.00108 e. The van der Waals surface area contributed by atoms with Gasteiger partial charge in [-0.2, -0.15) is 0 Å². The van der Waals surface area contributed by atoms with Crippen LogP contribution in [-0.4, -0.2) is 0 Å². The molecule has 0 spiro atoms. The van der Waals surface area contributed by atoms with Crippen LogP contribution in [0.4, 0.5) is 0 Å². The Labute approximate surface area is 112 Å². The van der Waals surface area contributed by atoms with E-state index in [2.05, 4.69) is 73.6 Å². The molecule has 0 aromatic heterocycles. The highest BCUT2D eigenvalue weighted by atomic mass is 13.9. The molecular weight excluding hydrogens is 216 g/mol. The molecule has 1 aromatic carbocycles. The van der Waals surface area contributed by atoms with E-state index in [4.69, 9.17) is 0 Å². The number of rotatable bonds is 2. The molecular formula is C18H20. The Balaban J connectivity index is 0.000000331. The van der Waals surface area contributed by atoms with Gasteiger partial charge in [-0.05, 0) is 56.4 Å². The van der Waals surface area contributed by atoms with Crippen LogP contribution >= 0.6 is 0 Å². The number of hydrogen-bond acceptors (Lipinski definition) is 0. The van der Waals surface area contributed by atoms with Crippen LogP contribution in [0.3, 0.4) is 0 Å². The van der Waals surface area contributed by atoms with Gasteiger partial charge in [-0.25, -0.2) is 0 Å². The van der Waals surface area contributed by atoms with Crippen LogP contribution in [-0.2, 0) is 6.42 Å². The normalized spacial score (nSPS) is 7.11. The first-order chi connectivity index (χ1) is 8.74. The maximum Gasteiger partial charge on any atom is -0.00108 e. The average molecular weight is 236 g/mol. The van der Waals surface area contributed by atoms with Crippen LogP contribution in [0, 0.1) is 42.4 Å². The minimum Gasteiger partial charge on any atom is -0.0925 e. The molecule has 1 aromatic rings. The summed E-state index contributed by atoms with van der Waals surface area (Å²) in [7, 11) is 0. The van der Waals surface area contributed by atoms with Gasteiger partial charge in [0.25, 0.3) is 0 Å². The molecule has 0 aliphatic rings. The number of benzene rings is 1. The molecule has 18 heavy (non-hydrogen) atoms. The summed E-state index contributed by atoms with van der Waals surface area (Å²) in [4.78, 5) is 0. The summed E-state index contributed by atoms with van der Waals surface area (Å²) in [5.74, 6) is 15.5. The van der Waals surface area contributed by atoms with Gasteiger partial charge in [-0.3, -0.25) is 0 Å². The highest BCUT2D eigenvalue weighted by molar-refractivity contribution is 5.34. The zero-order valence-electron chi connectivity index (χ0n) is 11.7. The summed E-state index contributed by atoms with van der Waals surface area (Å²) in [5, 5.41) is 0. The standard InChI is InChI=1S/C10H14.C8H6/c1-3-5-10-7-4-6-9(2)8-10;1-3-5-7-8-6-4-2/h4,6-8H,3,5H2,1-2H3;1-2H3. The van der Waals surface area contributed by atoms with E-state index in [-0.39, 0.29) is 0 Å². The molecule has 0 atom stereocenters. The quantitative estimate of drug-likeness (QED) is 0.681. The van der Waals surface area contributed by atoms with E-state index in [1.807, 2.05) is 0 Å². The van der Waals surface area contributed by atoms with Crippen LogP contribution in [0.15, 0.2) is 24.3 Å². The van der Waals surface area contributed by atoms with Crippen LogP contribution in [0.25, 0.3) is 0 Å². The van der Waals surface area contributed by atoms with E-state index < -0.39 is 0 Å². The van der Waals surface area contributed by atoms with Crippen LogP contribution in [0.1, 0.15) is 38.3 Å². The van der Waals surface area contributed by atoms with Gasteiger partial charge in [0.05, 0.1) is 0 Å². The van der Waals surface area contributed by atoms with Gasteiger partial charge in [0.1, 0.15) is 0 Å². The molecule has 0 nitrogen and oxygen atoms in total. The van der Waals surface area contributed by atoms with E-state index in [0.717, 1.165) is 0 Å². The highest BCUT2D eigenvalue weighted by Gasteiger charge is 1.88. The van der Waals surface area contributed by atoms with Gasteiger partial charge in [0, 0.05) is 0 Å². The lowest BCUT2D eigenvalue weighted by molar-refractivity contribution is 0.920. The monoisotopic (exact) mass is 236 g/mol. The maximum atomic E-state index is 2.64. The Morgan fingerprint density at radius 1 is 0.944 bits per heavy atom. The fourth-order valence-corrected chi connectivity index (χ4v) is 1.34. The van der Waals surface area contributed by atoms with Crippen molar-refractivity contribution in [2.24, 2.45) is 0 Å². The van der Waals surface area contributed by atoms with Crippen molar-refractivity contribution in [2.75, 3.05) is 0 Å². The third-order valence-electron chi connectivity index (χ3n) is 2.06. The highest BCUT2D eigenvalue weighted by Crippen LogP contribution is 2.05. The molecule has 0 N–H and O–H groups in total. The van der Waals surface area contributed by atoms with Crippen molar-refractivity contribution in [3.63, 3.8) is 0 Å². The SMILES string of the molecule is CC#CC#CC#CC.CCCc1cccc(C)c1. The number of aryl methyl sites for hydroxylation is 2. The summed E-state index contributed by atoms with van der Waals surface area (Å²) in [5.41, 5.74) is 2.83. The van der Waals surface area contributed by atoms with Crippen molar-refractivity contribution in [3.05, 3.63) is 35.4 Å². The predicted molar refractivity (Wildman–Crippen MR) is 79.9 cm³/mol. The molecule has 0 amide bonds. The van der Waals surface area contributed by atoms with Gasteiger partial charge >= 0.3 is 0 Å². The van der Waals surface area contributed by atoms with E-state index in [9.17, 15) is 0 Å². The molecule has 0 saturated carbocycles. The predicted octanol–water partition coefficient (Wildman–Crippen LogP) is 3.98. The lowest BCUT2D eigenvalue weighted by Gasteiger charge is -1.97. The minimum absolute atomic E-state index is 1.21. The van der Waals surface area contributed by atoms with Crippen molar-refractivity contribution in [3.8, 4) is 35.5 Å². The largest absolute Gasteiger partial charge is 0.0925 e. The first kappa shape index (κ1) is 15.9. The van der Waals surface area contributed by atoms with Crippen LogP contribution in [0.5, 0.6) is 0 Å². The van der Waals surface area contributed by atoms with Crippen molar-refractivity contribution in [2.45, 2.75) is 40.5 Å². The molecule has 0 aliphatic heterocycles. The molecule has 0 heteroatoms. The molecule has 0 heterocycles. The van der Waals surface area contributed by atoms with Crippen molar-refractivity contribution < 1.29 is 0 Å². The minimum atomic E-state index is 1.21. The lowest BCUT2D eigenvalue weighted by Crippen LogP contribution is -1.82. The second-order valence-electron chi connectivity index (χ2n) is 3.74. The Morgan fingerprint density at radius 3 is 2.00 bits per heavy atom. The first-order valence-corrected chi connectivity index (χ1v) is 6.13. The second-order valence-corrected chi connectivity index (χ2v) is 3.74. The topological polar surface area (TPSA) is 0 Å². The average Bonchev–Trinajstić information content (AvgIpc) is 2.36. The van der Waals surface area contributed by atoms with Gasteiger partial charge in [-0.15, -0.1) is 0 Å². The first-order valence-electron chi connectivity index (χ1n) is 6.13. The van der Waals surface area contributed by atoms with E-state index in [1.54, 1.807) is 13.8 Å². The van der Waals surface area contributed by atoms with Gasteiger partial charge < -0.3 is 0 Å². The molecule has 0 unspecified atom stereocenters. The molecule has 1 rings (SSSR count). The Hall–Kier alpha value is -2.10. The third-order valence-corrected chi connectivity index (χ3v) is 2.06. The van der Waals surface area contributed by atoms with Gasteiger partial charge in [0.15, 0.2) is 0 Å². The molecule has 0 bridgehead atoms. The van der Waals surface area contributed by atoms with E-state index in [0.29, 0.717) is 0 Å². The van der Waals surface area contributed by atoms with Crippen molar-refractivity contribution in [1.82, 2.24) is 0 Å². The zero-order valence-corrected chi connectivity index (χ0v) is 11.7. The summed E-state index contributed by atoms with van der Waals surface area (Å²) in [6.07, 6.45) is 2.45. The van der Waals surface area contributed by atoms with E-state index in [1.165, 1.54) is 24.0 Å². The molecule has 0 radical (unpaired) electrons. The summed E-state index contributed by atoms with van der Waals surface area (Å²) >= 11 is 0. The van der Waals surface area contributed by atoms with Crippen molar-refractivity contribution >= 4 is 0 Å². The second kappa shape index (κ2) is 11.4. The Kier molecular flexibility index (Phi) is 10.1. The fraction of sp³-hybridized carbons (Fsp3) is 0.333. The maximum absolute atomic E-state index is 2.64. The lowest BCUT2D eigenvalue weighted by atomic mass is 10.1. The zero-order chi connectivity index (χ0) is 13.6. The molecule has 0 saturated heterocycles. The summed E-state index contributed by atoms with van der Waals surface area (Å²) in [6, 6.07) is 8.71. The third kappa shape index (κ3) is 9.15.